The summed E-state index contributed by atoms with van der Waals surface area (Å²) in [5.41, 5.74) is -0.652. The fourth-order valence-electron chi connectivity index (χ4n) is 5.67. The van der Waals surface area contributed by atoms with Crippen molar-refractivity contribution in [1.82, 2.24) is 0 Å². The third kappa shape index (κ3) is 8.36. The van der Waals surface area contributed by atoms with Gasteiger partial charge in [-0.25, -0.2) is 26.3 Å². The van der Waals surface area contributed by atoms with E-state index < -0.39 is 58.6 Å². The molecule has 1 heterocycles. The predicted octanol–water partition coefficient (Wildman–Crippen LogP) is 11.4. The first-order valence-corrected chi connectivity index (χ1v) is 15.8. The van der Waals surface area contributed by atoms with Gasteiger partial charge in [0.15, 0.2) is 23.7 Å². The molecule has 4 aromatic carbocycles. The van der Waals surface area contributed by atoms with Crippen molar-refractivity contribution in [1.29, 1.82) is 0 Å². The molecule has 48 heavy (non-hydrogen) atoms. The van der Waals surface area contributed by atoms with E-state index in [4.69, 9.17) is 9.47 Å². The molecule has 1 fully saturated rings. The summed E-state index contributed by atoms with van der Waals surface area (Å²) in [5, 5.41) is 0. The van der Waals surface area contributed by atoms with Crippen molar-refractivity contribution >= 4 is 0 Å². The molecule has 5 rings (SSSR count). The van der Waals surface area contributed by atoms with Gasteiger partial charge in [-0.15, -0.1) is 0 Å². The maximum atomic E-state index is 15.2. The van der Waals surface area contributed by atoms with Gasteiger partial charge in [0, 0.05) is 29.2 Å². The van der Waals surface area contributed by atoms with Crippen LogP contribution < -0.4 is 4.74 Å². The van der Waals surface area contributed by atoms with Gasteiger partial charge in [-0.05, 0) is 41.3 Å². The molecule has 256 valence electrons. The third-order valence-electron chi connectivity index (χ3n) is 8.27. The van der Waals surface area contributed by atoms with Gasteiger partial charge >= 0.3 is 6.11 Å². The SMILES string of the molecule is CCCCCCCCC1COC(c2ccc(-c3ccc(-c4cc(F)c(C(F)(F)Oc5cc(F)c(F)c(F)c5)c(F)c4)c(F)c3)cc2)OC1. The lowest BCUT2D eigenvalue weighted by molar-refractivity contribution is -0.206. The lowest BCUT2D eigenvalue weighted by Crippen LogP contribution is -2.27. The molecule has 0 unspecified atom stereocenters. The van der Waals surface area contributed by atoms with Gasteiger partial charge in [-0.1, -0.05) is 81.8 Å². The summed E-state index contributed by atoms with van der Waals surface area (Å²) in [7, 11) is 0. The zero-order valence-corrected chi connectivity index (χ0v) is 26.1. The highest BCUT2D eigenvalue weighted by Gasteiger charge is 2.41. The second-order valence-corrected chi connectivity index (χ2v) is 11.9. The Labute approximate surface area is 273 Å². The van der Waals surface area contributed by atoms with Gasteiger partial charge in [-0.3, -0.25) is 0 Å². The van der Waals surface area contributed by atoms with Crippen molar-refractivity contribution < 1.29 is 49.3 Å². The van der Waals surface area contributed by atoms with Crippen LogP contribution >= 0.6 is 0 Å². The summed E-state index contributed by atoms with van der Waals surface area (Å²) in [5.74, 6) is -11.0. The number of benzene rings is 4. The van der Waals surface area contributed by atoms with E-state index in [9.17, 15) is 30.7 Å². The van der Waals surface area contributed by atoms with E-state index in [1.165, 1.54) is 44.2 Å². The van der Waals surface area contributed by atoms with Crippen molar-refractivity contribution in [2.45, 2.75) is 64.3 Å². The van der Waals surface area contributed by atoms with Crippen LogP contribution in [0.2, 0.25) is 0 Å². The molecule has 0 aromatic heterocycles. The van der Waals surface area contributed by atoms with E-state index in [0.717, 1.165) is 24.5 Å². The van der Waals surface area contributed by atoms with Crippen molar-refractivity contribution in [2.75, 3.05) is 13.2 Å². The Kier molecular flexibility index (Phi) is 11.4. The highest BCUT2D eigenvalue weighted by Crippen LogP contribution is 2.39. The van der Waals surface area contributed by atoms with Gasteiger partial charge in [0.25, 0.3) is 0 Å². The van der Waals surface area contributed by atoms with E-state index in [2.05, 4.69) is 11.7 Å². The number of hydrogen-bond acceptors (Lipinski definition) is 3. The van der Waals surface area contributed by atoms with Gasteiger partial charge < -0.3 is 14.2 Å². The Morgan fingerprint density at radius 1 is 0.646 bits per heavy atom. The first-order valence-electron chi connectivity index (χ1n) is 15.8. The standard InChI is InChI=1S/C37H34F8O3/c1-2-3-4-5-6-7-8-22-20-46-36(47-21-22)24-11-9-23(10-12-24)25-13-14-28(29(38)15-25)26-16-30(39)34(31(40)17-26)37(44,45)48-27-18-32(41)35(43)33(42)19-27/h9-19,22,36H,2-8,20-21H2,1H3. The zero-order chi connectivity index (χ0) is 34.4. The minimum Gasteiger partial charge on any atom is -0.429 e. The fourth-order valence-corrected chi connectivity index (χ4v) is 5.67. The Morgan fingerprint density at radius 3 is 1.81 bits per heavy atom. The molecule has 0 aliphatic carbocycles. The molecule has 1 aliphatic rings. The molecular formula is C37H34F8O3. The average molecular weight is 679 g/mol. The van der Waals surface area contributed by atoms with Crippen LogP contribution in [0, 0.1) is 40.8 Å². The normalized spacial score (nSPS) is 16.7. The lowest BCUT2D eigenvalue weighted by atomic mass is 9.97. The van der Waals surface area contributed by atoms with Crippen LogP contribution in [0.4, 0.5) is 35.1 Å². The number of rotatable bonds is 13. The second kappa shape index (κ2) is 15.5. The van der Waals surface area contributed by atoms with Crippen molar-refractivity contribution in [3.8, 4) is 28.0 Å². The number of ether oxygens (including phenoxy) is 3. The van der Waals surface area contributed by atoms with Gasteiger partial charge in [0.05, 0.1) is 13.2 Å². The van der Waals surface area contributed by atoms with Crippen LogP contribution in [0.5, 0.6) is 5.75 Å². The molecule has 0 N–H and O–H groups in total. The maximum Gasteiger partial charge on any atom is 0.432 e. The smallest absolute Gasteiger partial charge is 0.429 e. The number of alkyl halides is 2. The first kappa shape index (κ1) is 35.3. The van der Waals surface area contributed by atoms with Gasteiger partial charge in [0.1, 0.15) is 28.8 Å². The molecule has 0 bridgehead atoms. The van der Waals surface area contributed by atoms with Crippen LogP contribution in [-0.2, 0) is 15.6 Å². The largest absolute Gasteiger partial charge is 0.432 e. The monoisotopic (exact) mass is 678 g/mol. The summed E-state index contributed by atoms with van der Waals surface area (Å²) in [6, 6.07) is 12.2. The number of halogens is 8. The quantitative estimate of drug-likeness (QED) is 0.0800. The fraction of sp³-hybridized carbons (Fsp3) is 0.351. The van der Waals surface area contributed by atoms with Crippen molar-refractivity contribution in [3.05, 3.63) is 113 Å². The summed E-state index contributed by atoms with van der Waals surface area (Å²) in [4.78, 5) is 0. The Morgan fingerprint density at radius 2 is 1.21 bits per heavy atom. The third-order valence-corrected chi connectivity index (χ3v) is 8.27. The molecule has 1 aliphatic heterocycles. The average Bonchev–Trinajstić information content (AvgIpc) is 3.05. The molecule has 3 nitrogen and oxygen atoms in total. The Bertz CT molecular complexity index is 1660. The topological polar surface area (TPSA) is 27.7 Å². The minimum atomic E-state index is -4.76. The van der Waals surface area contributed by atoms with Crippen LogP contribution in [0.25, 0.3) is 22.3 Å². The minimum absolute atomic E-state index is 0.102. The molecule has 0 saturated carbocycles. The first-order chi connectivity index (χ1) is 23.0. The lowest BCUT2D eigenvalue weighted by Gasteiger charge is -2.29. The zero-order valence-electron chi connectivity index (χ0n) is 26.1. The number of unbranched alkanes of at least 4 members (excludes halogenated alkanes) is 5. The molecule has 0 radical (unpaired) electrons. The Balaban J connectivity index is 1.23. The number of hydrogen-bond donors (Lipinski definition) is 0. The molecule has 0 amide bonds. The Hall–Kier alpha value is -3.96. The van der Waals surface area contributed by atoms with E-state index in [0.29, 0.717) is 42.4 Å². The van der Waals surface area contributed by atoms with Gasteiger partial charge in [-0.2, -0.15) is 8.78 Å². The maximum absolute atomic E-state index is 15.2. The van der Waals surface area contributed by atoms with Gasteiger partial charge in [0.2, 0.25) is 0 Å². The molecule has 11 heteroatoms. The van der Waals surface area contributed by atoms with E-state index in [-0.39, 0.29) is 23.3 Å². The molecule has 4 aromatic rings. The summed E-state index contributed by atoms with van der Waals surface area (Å²) in [6.07, 6.45) is 3.18. The van der Waals surface area contributed by atoms with Crippen LogP contribution in [-0.4, -0.2) is 13.2 Å². The van der Waals surface area contributed by atoms with E-state index >= 15 is 4.39 Å². The van der Waals surface area contributed by atoms with E-state index in [1.54, 1.807) is 24.3 Å². The predicted molar refractivity (Wildman–Crippen MR) is 164 cm³/mol. The van der Waals surface area contributed by atoms with Crippen LogP contribution in [0.15, 0.2) is 66.7 Å². The van der Waals surface area contributed by atoms with Crippen LogP contribution in [0.1, 0.15) is 69.3 Å². The summed E-state index contributed by atoms with van der Waals surface area (Å²) < 4.78 is 130. The second-order valence-electron chi connectivity index (χ2n) is 11.9. The van der Waals surface area contributed by atoms with Crippen molar-refractivity contribution in [3.63, 3.8) is 0 Å². The highest BCUT2D eigenvalue weighted by atomic mass is 19.3. The molecule has 0 atom stereocenters. The molecule has 0 spiro atoms. The molecule has 1 saturated heterocycles. The summed E-state index contributed by atoms with van der Waals surface area (Å²) >= 11 is 0. The highest BCUT2D eigenvalue weighted by molar-refractivity contribution is 5.71. The van der Waals surface area contributed by atoms with E-state index in [1.807, 2.05) is 0 Å². The molecular weight excluding hydrogens is 644 g/mol. The van der Waals surface area contributed by atoms with Crippen molar-refractivity contribution in [2.24, 2.45) is 5.92 Å². The van der Waals surface area contributed by atoms with Crippen LogP contribution in [0.3, 0.4) is 0 Å². The summed E-state index contributed by atoms with van der Waals surface area (Å²) in [6.45, 7) is 3.41.